The van der Waals surface area contributed by atoms with Crippen molar-refractivity contribution in [1.29, 1.82) is 0 Å². The minimum atomic E-state index is -0.470. The molecule has 2 aromatic rings. The summed E-state index contributed by atoms with van der Waals surface area (Å²) in [6, 6.07) is 3.55. The second-order valence-corrected chi connectivity index (χ2v) is 3.16. The maximum absolute atomic E-state index is 10.7. The number of nitrogens with zero attached hydrogens (tertiary/aromatic N) is 3. The summed E-state index contributed by atoms with van der Waals surface area (Å²) in [5.74, 6) is 0.504. The number of nitrogens with one attached hydrogen (secondary N) is 1. The van der Waals surface area contributed by atoms with E-state index in [0.717, 1.165) is 5.69 Å². The number of hydrogen-bond donors (Lipinski definition) is 1. The van der Waals surface area contributed by atoms with Gasteiger partial charge in [-0.15, -0.1) is 0 Å². The highest BCUT2D eigenvalue weighted by molar-refractivity contribution is 5.68. The number of nitro groups is 1. The maximum Gasteiger partial charge on any atom is 0.389 e. The maximum atomic E-state index is 10.7. The number of fused-ring (bicyclic) bond motifs is 1. The first-order chi connectivity index (χ1) is 7.13. The van der Waals surface area contributed by atoms with Crippen molar-refractivity contribution >= 4 is 17.0 Å². The molecule has 0 fully saturated rings. The van der Waals surface area contributed by atoms with Gasteiger partial charge in [0.25, 0.3) is 0 Å². The summed E-state index contributed by atoms with van der Waals surface area (Å²) in [5.41, 5.74) is 1.33. The molecule has 2 rings (SSSR count). The SMILES string of the molecule is CNc1ccn2c(C)nc([N+](=O)[O-])c2c1. The highest BCUT2D eigenvalue weighted by atomic mass is 16.6. The van der Waals surface area contributed by atoms with Crippen LogP contribution in [0.25, 0.3) is 5.52 Å². The Bertz CT molecular complexity index is 532. The number of imidazole rings is 1. The van der Waals surface area contributed by atoms with Crippen molar-refractivity contribution in [3.05, 3.63) is 34.3 Å². The summed E-state index contributed by atoms with van der Waals surface area (Å²) < 4.78 is 1.69. The number of aryl methyl sites for hydroxylation is 1. The molecule has 0 radical (unpaired) electrons. The predicted molar refractivity (Wildman–Crippen MR) is 56.1 cm³/mol. The summed E-state index contributed by atoms with van der Waals surface area (Å²) in [6.45, 7) is 1.74. The Morgan fingerprint density at radius 1 is 1.60 bits per heavy atom. The third-order valence-corrected chi connectivity index (χ3v) is 2.26. The summed E-state index contributed by atoms with van der Waals surface area (Å²) in [7, 11) is 1.76. The fraction of sp³-hybridized carbons (Fsp3) is 0.222. The monoisotopic (exact) mass is 206 g/mol. The van der Waals surface area contributed by atoms with E-state index < -0.39 is 4.92 Å². The molecule has 0 bridgehead atoms. The molecular formula is C9H10N4O2. The topological polar surface area (TPSA) is 72.5 Å². The summed E-state index contributed by atoms with van der Waals surface area (Å²) in [5, 5.41) is 13.7. The van der Waals surface area contributed by atoms with Crippen LogP contribution in [0.15, 0.2) is 18.3 Å². The van der Waals surface area contributed by atoms with Crippen molar-refractivity contribution in [2.24, 2.45) is 0 Å². The molecule has 0 aliphatic heterocycles. The molecule has 0 saturated carbocycles. The molecule has 2 aromatic heterocycles. The van der Waals surface area contributed by atoms with Crippen LogP contribution in [0.2, 0.25) is 0 Å². The highest BCUT2D eigenvalue weighted by Crippen LogP contribution is 2.22. The zero-order chi connectivity index (χ0) is 11.0. The first-order valence-electron chi connectivity index (χ1n) is 4.44. The smallest absolute Gasteiger partial charge is 0.388 e. The third kappa shape index (κ3) is 1.39. The lowest BCUT2D eigenvalue weighted by atomic mass is 10.3. The fourth-order valence-electron chi connectivity index (χ4n) is 1.51. The molecule has 0 aliphatic rings. The lowest BCUT2D eigenvalue weighted by Crippen LogP contribution is -1.92. The van der Waals surface area contributed by atoms with Crippen LogP contribution in [0.1, 0.15) is 5.82 Å². The van der Waals surface area contributed by atoms with E-state index in [1.54, 1.807) is 30.6 Å². The Labute approximate surface area is 85.7 Å². The molecule has 0 aromatic carbocycles. The Morgan fingerprint density at radius 2 is 2.33 bits per heavy atom. The zero-order valence-corrected chi connectivity index (χ0v) is 8.39. The van der Waals surface area contributed by atoms with E-state index in [4.69, 9.17) is 0 Å². The van der Waals surface area contributed by atoms with Gasteiger partial charge in [0.05, 0.1) is 0 Å². The van der Waals surface area contributed by atoms with Gasteiger partial charge in [-0.1, -0.05) is 0 Å². The van der Waals surface area contributed by atoms with Gasteiger partial charge in [-0.3, -0.25) is 4.40 Å². The number of anilines is 1. The van der Waals surface area contributed by atoms with Gasteiger partial charge in [0.15, 0.2) is 0 Å². The molecule has 15 heavy (non-hydrogen) atoms. The highest BCUT2D eigenvalue weighted by Gasteiger charge is 2.19. The van der Waals surface area contributed by atoms with Crippen LogP contribution < -0.4 is 5.32 Å². The quantitative estimate of drug-likeness (QED) is 0.598. The second kappa shape index (κ2) is 3.23. The Kier molecular flexibility index (Phi) is 2.03. The molecule has 0 saturated heterocycles. The van der Waals surface area contributed by atoms with Crippen LogP contribution in [0, 0.1) is 17.0 Å². The molecule has 1 N–H and O–H groups in total. The summed E-state index contributed by atoms with van der Waals surface area (Å²) in [6.07, 6.45) is 1.76. The van der Waals surface area contributed by atoms with Gasteiger partial charge in [0.1, 0.15) is 5.52 Å². The molecule has 0 amide bonds. The van der Waals surface area contributed by atoms with Crippen LogP contribution >= 0.6 is 0 Å². The molecule has 0 unspecified atom stereocenters. The minimum absolute atomic E-state index is 0.107. The van der Waals surface area contributed by atoms with Crippen molar-refractivity contribution in [2.45, 2.75) is 6.92 Å². The molecule has 2 heterocycles. The number of hydrogen-bond acceptors (Lipinski definition) is 4. The van der Waals surface area contributed by atoms with E-state index in [1.807, 2.05) is 6.07 Å². The summed E-state index contributed by atoms with van der Waals surface area (Å²) >= 11 is 0. The third-order valence-electron chi connectivity index (χ3n) is 2.26. The average molecular weight is 206 g/mol. The van der Waals surface area contributed by atoms with E-state index in [1.165, 1.54) is 0 Å². The van der Waals surface area contributed by atoms with Crippen molar-refractivity contribution in [2.75, 3.05) is 12.4 Å². The summed E-state index contributed by atoms with van der Waals surface area (Å²) in [4.78, 5) is 14.2. The van der Waals surface area contributed by atoms with E-state index in [9.17, 15) is 10.1 Å². The van der Waals surface area contributed by atoms with Crippen LogP contribution in [0.4, 0.5) is 11.5 Å². The largest absolute Gasteiger partial charge is 0.389 e. The van der Waals surface area contributed by atoms with Gasteiger partial charge in [0, 0.05) is 25.9 Å². The predicted octanol–water partition coefficient (Wildman–Crippen LogP) is 1.59. The Balaban J connectivity index is 2.77. The number of aromatic nitrogens is 2. The molecule has 0 spiro atoms. The molecule has 0 atom stereocenters. The normalized spacial score (nSPS) is 10.5. The average Bonchev–Trinajstić information content (AvgIpc) is 2.56. The van der Waals surface area contributed by atoms with Crippen molar-refractivity contribution in [3.63, 3.8) is 0 Å². The minimum Gasteiger partial charge on any atom is -0.388 e. The molecule has 78 valence electrons. The van der Waals surface area contributed by atoms with Crippen LogP contribution in [0.3, 0.4) is 0 Å². The van der Waals surface area contributed by atoms with Crippen molar-refractivity contribution in [1.82, 2.24) is 9.38 Å². The van der Waals surface area contributed by atoms with Crippen molar-refractivity contribution < 1.29 is 4.92 Å². The standard InChI is InChI=1S/C9H10N4O2/c1-6-11-9(13(14)15)8-5-7(10-2)3-4-12(6)8/h3-5,10H,1-2H3. The van der Waals surface area contributed by atoms with Crippen LogP contribution in [0.5, 0.6) is 0 Å². The van der Waals surface area contributed by atoms with E-state index >= 15 is 0 Å². The van der Waals surface area contributed by atoms with Crippen molar-refractivity contribution in [3.8, 4) is 0 Å². The Hall–Kier alpha value is -2.11. The molecular weight excluding hydrogens is 196 g/mol. The molecule has 6 heteroatoms. The number of rotatable bonds is 2. The lowest BCUT2D eigenvalue weighted by molar-refractivity contribution is -0.387. The Morgan fingerprint density at radius 3 is 2.93 bits per heavy atom. The van der Waals surface area contributed by atoms with E-state index in [-0.39, 0.29) is 5.82 Å². The number of pyridine rings is 1. The van der Waals surface area contributed by atoms with Crippen LogP contribution in [-0.2, 0) is 0 Å². The van der Waals surface area contributed by atoms with Gasteiger partial charge in [-0.05, 0) is 22.0 Å². The van der Waals surface area contributed by atoms with Gasteiger partial charge < -0.3 is 15.4 Å². The van der Waals surface area contributed by atoms with E-state index in [0.29, 0.717) is 11.3 Å². The lowest BCUT2D eigenvalue weighted by Gasteiger charge is -2.00. The molecule has 0 aliphatic carbocycles. The van der Waals surface area contributed by atoms with Crippen LogP contribution in [-0.4, -0.2) is 21.4 Å². The first-order valence-corrected chi connectivity index (χ1v) is 4.44. The molecule has 6 nitrogen and oxygen atoms in total. The van der Waals surface area contributed by atoms with Gasteiger partial charge in [0.2, 0.25) is 5.82 Å². The van der Waals surface area contributed by atoms with E-state index in [2.05, 4.69) is 10.3 Å². The zero-order valence-electron chi connectivity index (χ0n) is 8.39. The van der Waals surface area contributed by atoms with Gasteiger partial charge >= 0.3 is 5.82 Å². The van der Waals surface area contributed by atoms with Gasteiger partial charge in [-0.25, -0.2) is 0 Å². The van der Waals surface area contributed by atoms with Gasteiger partial charge in [-0.2, -0.15) is 0 Å². The fourth-order valence-corrected chi connectivity index (χ4v) is 1.51. The second-order valence-electron chi connectivity index (χ2n) is 3.16. The first kappa shape index (κ1) is 9.45.